The van der Waals surface area contributed by atoms with Crippen molar-refractivity contribution in [1.29, 1.82) is 0 Å². The van der Waals surface area contributed by atoms with Gasteiger partial charge in [-0.1, -0.05) is 13.8 Å². The minimum absolute atomic E-state index is 0.0356. The molecule has 32 heavy (non-hydrogen) atoms. The highest BCUT2D eigenvalue weighted by atomic mass is 32.1. The number of carbonyl (C=O) groups is 3. The van der Waals surface area contributed by atoms with E-state index in [-0.39, 0.29) is 23.8 Å². The van der Waals surface area contributed by atoms with Gasteiger partial charge in [-0.2, -0.15) is 13.2 Å². The number of thiazole rings is 1. The van der Waals surface area contributed by atoms with E-state index in [1.807, 2.05) is 0 Å². The number of ether oxygens (including phenoxy) is 1. The van der Waals surface area contributed by atoms with Crippen molar-refractivity contribution in [2.24, 2.45) is 11.8 Å². The zero-order valence-corrected chi connectivity index (χ0v) is 19.1. The van der Waals surface area contributed by atoms with Crippen LogP contribution in [0.4, 0.5) is 18.3 Å². The number of anilines is 1. The third-order valence-electron chi connectivity index (χ3n) is 4.78. The van der Waals surface area contributed by atoms with E-state index >= 15 is 0 Å². The second-order valence-corrected chi connectivity index (χ2v) is 8.59. The van der Waals surface area contributed by atoms with Gasteiger partial charge in [0, 0.05) is 25.1 Å². The predicted octanol–water partition coefficient (Wildman–Crippen LogP) is 2.82. The van der Waals surface area contributed by atoms with E-state index in [0.29, 0.717) is 5.13 Å². The number of alkyl halides is 3. The van der Waals surface area contributed by atoms with Crippen molar-refractivity contribution in [2.45, 2.75) is 64.4 Å². The first-order valence-corrected chi connectivity index (χ1v) is 10.8. The Kier molecular flexibility index (Phi) is 11.0. The molecule has 13 heteroatoms. The number of rotatable bonds is 13. The van der Waals surface area contributed by atoms with E-state index < -0.39 is 54.9 Å². The summed E-state index contributed by atoms with van der Waals surface area (Å²) in [5, 5.41) is 17.0. The number of hydrogen-bond donors (Lipinski definition) is 3. The molecule has 0 aliphatic heterocycles. The summed E-state index contributed by atoms with van der Waals surface area (Å²) in [4.78, 5) is 40.9. The summed E-state index contributed by atoms with van der Waals surface area (Å²) in [5.74, 6) is -2.77. The average Bonchev–Trinajstić information content (AvgIpc) is 3.21. The molecule has 0 aliphatic carbocycles. The molecule has 182 valence electrons. The van der Waals surface area contributed by atoms with E-state index in [2.05, 4.69) is 15.6 Å². The molecule has 0 unspecified atom stereocenters. The van der Waals surface area contributed by atoms with E-state index in [4.69, 9.17) is 4.74 Å². The Hall–Kier alpha value is -2.25. The summed E-state index contributed by atoms with van der Waals surface area (Å²) in [5.41, 5.74) is 0. The molecule has 0 fully saturated rings. The van der Waals surface area contributed by atoms with Gasteiger partial charge in [-0.25, -0.2) is 10.0 Å². The summed E-state index contributed by atoms with van der Waals surface area (Å²) in [7, 11) is 1.33. The number of nitrogens with zero attached hydrogens (tertiary/aromatic N) is 2. The van der Waals surface area contributed by atoms with Crippen molar-refractivity contribution in [2.75, 3.05) is 12.4 Å². The number of methoxy groups -OCH3 is 1. The van der Waals surface area contributed by atoms with Gasteiger partial charge in [-0.05, 0) is 25.7 Å². The van der Waals surface area contributed by atoms with Crippen molar-refractivity contribution in [3.63, 3.8) is 0 Å². The van der Waals surface area contributed by atoms with Crippen molar-refractivity contribution in [1.82, 2.24) is 15.4 Å². The van der Waals surface area contributed by atoms with Crippen LogP contribution < -0.4 is 10.6 Å². The zero-order chi connectivity index (χ0) is 24.5. The molecule has 0 bridgehead atoms. The normalized spacial score (nSPS) is 15.5. The predicted molar refractivity (Wildman–Crippen MR) is 111 cm³/mol. The second kappa shape index (κ2) is 12.7. The van der Waals surface area contributed by atoms with Crippen molar-refractivity contribution in [3.8, 4) is 0 Å². The monoisotopic (exact) mass is 482 g/mol. The fourth-order valence-corrected chi connectivity index (χ4v) is 3.65. The number of halogens is 3. The summed E-state index contributed by atoms with van der Waals surface area (Å²) < 4.78 is 43.6. The minimum Gasteiger partial charge on any atom is -0.379 e. The van der Waals surface area contributed by atoms with Crippen LogP contribution >= 0.6 is 11.3 Å². The average molecular weight is 483 g/mol. The number of hydroxylamine groups is 2. The van der Waals surface area contributed by atoms with Gasteiger partial charge in [-0.15, -0.1) is 11.3 Å². The molecule has 9 nitrogen and oxygen atoms in total. The van der Waals surface area contributed by atoms with E-state index in [1.165, 1.54) is 20.2 Å². The van der Waals surface area contributed by atoms with Gasteiger partial charge < -0.3 is 15.4 Å². The third-order valence-corrected chi connectivity index (χ3v) is 5.47. The van der Waals surface area contributed by atoms with Crippen LogP contribution in [0.15, 0.2) is 11.6 Å². The lowest BCUT2D eigenvalue weighted by atomic mass is 9.86. The molecule has 1 aromatic heterocycles. The Balaban J connectivity index is 3.13. The minimum atomic E-state index is -4.54. The maximum Gasteiger partial charge on any atom is 0.389 e. The van der Waals surface area contributed by atoms with Gasteiger partial charge in [0.2, 0.25) is 12.3 Å². The molecule has 0 spiro atoms. The topological polar surface area (TPSA) is 121 Å². The molecule has 0 radical (unpaired) electrons. The fourth-order valence-electron chi connectivity index (χ4n) is 3.12. The molecule has 4 atom stereocenters. The molecule has 0 aromatic carbocycles. The van der Waals surface area contributed by atoms with Crippen LogP contribution in [-0.2, 0) is 19.1 Å². The van der Waals surface area contributed by atoms with Gasteiger partial charge in [0.1, 0.15) is 6.04 Å². The molecule has 0 saturated carbocycles. The van der Waals surface area contributed by atoms with E-state index in [1.54, 1.807) is 19.2 Å². The Morgan fingerprint density at radius 2 is 1.97 bits per heavy atom. The Bertz CT molecular complexity index is 733. The van der Waals surface area contributed by atoms with Crippen LogP contribution in [0.1, 0.15) is 40.0 Å². The lowest BCUT2D eigenvalue weighted by Crippen LogP contribution is -2.55. The molecule has 0 aliphatic rings. The van der Waals surface area contributed by atoms with Crippen LogP contribution in [0.3, 0.4) is 0 Å². The van der Waals surface area contributed by atoms with Gasteiger partial charge >= 0.3 is 6.18 Å². The van der Waals surface area contributed by atoms with Gasteiger partial charge in [0.05, 0.1) is 18.1 Å². The van der Waals surface area contributed by atoms with Crippen molar-refractivity contribution in [3.05, 3.63) is 11.6 Å². The SMILES string of the molecule is CO[C@H](C)[C@H](NC(=O)[C@H](CC(C)C)[C@H](CCC(F)(F)F)N(O)C=O)C(=O)Nc1nccs1. The van der Waals surface area contributed by atoms with Crippen LogP contribution in [0.25, 0.3) is 0 Å². The smallest absolute Gasteiger partial charge is 0.379 e. The largest absolute Gasteiger partial charge is 0.389 e. The summed E-state index contributed by atoms with van der Waals surface area (Å²) in [6, 6.07) is -2.63. The lowest BCUT2D eigenvalue weighted by Gasteiger charge is -2.33. The maximum atomic E-state index is 13.1. The maximum absolute atomic E-state index is 13.1. The molecule has 3 amide bonds. The quantitative estimate of drug-likeness (QED) is 0.226. The molecular weight excluding hydrogens is 453 g/mol. The van der Waals surface area contributed by atoms with Gasteiger partial charge in [-0.3, -0.25) is 19.6 Å². The molecular formula is C19H29F3N4O5S. The Morgan fingerprint density at radius 3 is 2.44 bits per heavy atom. The first-order chi connectivity index (χ1) is 14.9. The first kappa shape index (κ1) is 27.8. The number of hydrogen-bond acceptors (Lipinski definition) is 7. The van der Waals surface area contributed by atoms with E-state index in [9.17, 15) is 32.8 Å². The summed E-state index contributed by atoms with van der Waals surface area (Å²) >= 11 is 1.16. The molecule has 0 saturated heterocycles. The van der Waals surface area contributed by atoms with Crippen LogP contribution in [-0.4, -0.2) is 65.0 Å². The second-order valence-electron chi connectivity index (χ2n) is 7.70. The third kappa shape index (κ3) is 9.09. The van der Waals surface area contributed by atoms with Crippen molar-refractivity contribution >= 4 is 34.7 Å². The standard InChI is InChI=1S/C19H29F3N4O5S/c1-11(2)9-13(14(26(30)10-27)5-6-19(20,21)22)16(28)24-15(12(3)31-4)17(29)25-18-23-7-8-32-18/h7-8,10-15,30H,5-6,9H2,1-4H3,(H,24,28)(H,23,25,29)/t12-,13-,14+,15+/m1/s1. The molecule has 1 aromatic rings. The summed E-state index contributed by atoms with van der Waals surface area (Å²) in [6.07, 6.45) is -5.79. The first-order valence-electron chi connectivity index (χ1n) is 9.92. The lowest BCUT2D eigenvalue weighted by molar-refractivity contribution is -0.178. The van der Waals surface area contributed by atoms with Crippen molar-refractivity contribution < 1.29 is 37.5 Å². The zero-order valence-electron chi connectivity index (χ0n) is 18.3. The highest BCUT2D eigenvalue weighted by molar-refractivity contribution is 7.13. The molecule has 3 N–H and O–H groups in total. The van der Waals surface area contributed by atoms with Crippen LogP contribution in [0, 0.1) is 11.8 Å². The number of amides is 3. The highest BCUT2D eigenvalue weighted by Gasteiger charge is 2.39. The van der Waals surface area contributed by atoms with Gasteiger partial charge in [0.15, 0.2) is 5.13 Å². The van der Waals surface area contributed by atoms with Crippen LogP contribution in [0.5, 0.6) is 0 Å². The fraction of sp³-hybridized carbons (Fsp3) is 0.684. The summed E-state index contributed by atoms with van der Waals surface area (Å²) in [6.45, 7) is 5.02. The Labute approximate surface area is 188 Å². The number of nitrogens with one attached hydrogen (secondary N) is 2. The van der Waals surface area contributed by atoms with Crippen LogP contribution in [0.2, 0.25) is 0 Å². The Morgan fingerprint density at radius 1 is 1.31 bits per heavy atom. The highest BCUT2D eigenvalue weighted by Crippen LogP contribution is 2.29. The number of aromatic nitrogens is 1. The number of carbonyl (C=O) groups excluding carboxylic acids is 3. The van der Waals surface area contributed by atoms with E-state index in [0.717, 1.165) is 11.3 Å². The molecule has 1 rings (SSSR count). The molecule has 1 heterocycles. The van der Waals surface area contributed by atoms with Gasteiger partial charge in [0.25, 0.3) is 5.91 Å².